The van der Waals surface area contributed by atoms with Gasteiger partial charge in [0.05, 0.1) is 5.03 Å². The molecule has 0 aromatic rings. The number of hydrogen-bond donors (Lipinski definition) is 0. The molecule has 0 unspecified atom stereocenters. The Morgan fingerprint density at radius 1 is 1.56 bits per heavy atom. The predicted molar refractivity (Wildman–Crippen MR) is 42.9 cm³/mol. The first-order valence-electron chi connectivity index (χ1n) is 2.95. The minimum Gasteiger partial charge on any atom is -0.345 e. The van der Waals surface area contributed by atoms with Crippen LogP contribution in [-0.4, -0.2) is 11.9 Å². The average molecular weight is 141 g/mol. The molecule has 1 aliphatic heterocycles. The second-order valence-corrected chi connectivity index (χ2v) is 3.21. The molecule has 1 heterocycles. The van der Waals surface area contributed by atoms with Gasteiger partial charge in [0.25, 0.3) is 0 Å². The highest BCUT2D eigenvalue weighted by Crippen LogP contribution is 2.29. The van der Waals surface area contributed by atoms with Crippen molar-refractivity contribution in [1.82, 2.24) is 4.90 Å². The molecule has 9 heavy (non-hydrogen) atoms. The van der Waals surface area contributed by atoms with Crippen LogP contribution in [0.15, 0.2) is 22.2 Å². The minimum atomic E-state index is 1.36. The lowest BCUT2D eigenvalue weighted by molar-refractivity contribution is 0.612. The largest absolute Gasteiger partial charge is 0.345 e. The summed E-state index contributed by atoms with van der Waals surface area (Å²) in [7, 11) is 2.07. The van der Waals surface area contributed by atoms with Gasteiger partial charge in [-0.05, 0) is 24.8 Å². The van der Waals surface area contributed by atoms with Gasteiger partial charge in [0.2, 0.25) is 0 Å². The monoisotopic (exact) mass is 141 g/mol. The van der Waals surface area contributed by atoms with Gasteiger partial charge in [0.15, 0.2) is 0 Å². The summed E-state index contributed by atoms with van der Waals surface area (Å²) in [6.45, 7) is 4.26. The Morgan fingerprint density at radius 2 is 2.22 bits per heavy atom. The molecule has 0 aromatic heterocycles. The maximum atomic E-state index is 2.14. The number of allylic oxidation sites excluding steroid dienone is 1. The normalized spacial score (nSPS) is 17.2. The molecule has 1 aliphatic rings. The summed E-state index contributed by atoms with van der Waals surface area (Å²) < 4.78 is 0. The van der Waals surface area contributed by atoms with Crippen LogP contribution in [0.1, 0.15) is 13.8 Å². The maximum Gasteiger partial charge on any atom is 0.0774 e. The van der Waals surface area contributed by atoms with Crippen molar-refractivity contribution in [1.29, 1.82) is 0 Å². The van der Waals surface area contributed by atoms with E-state index >= 15 is 0 Å². The Kier molecular flexibility index (Phi) is 1.86. The number of thioether (sulfide) groups is 1. The van der Waals surface area contributed by atoms with Crippen molar-refractivity contribution in [3.8, 4) is 0 Å². The van der Waals surface area contributed by atoms with E-state index in [0.717, 1.165) is 0 Å². The van der Waals surface area contributed by atoms with Crippen molar-refractivity contribution in [2.24, 2.45) is 0 Å². The van der Waals surface area contributed by atoms with E-state index in [-0.39, 0.29) is 0 Å². The predicted octanol–water partition coefficient (Wildman–Crippen LogP) is 2.39. The van der Waals surface area contributed by atoms with E-state index in [4.69, 9.17) is 0 Å². The summed E-state index contributed by atoms with van der Waals surface area (Å²) in [5, 5.41) is 3.46. The minimum absolute atomic E-state index is 1.36. The molecule has 0 radical (unpaired) electrons. The van der Waals surface area contributed by atoms with Gasteiger partial charge in [0.1, 0.15) is 0 Å². The average Bonchev–Trinajstić information content (AvgIpc) is 2.13. The van der Waals surface area contributed by atoms with E-state index in [0.29, 0.717) is 0 Å². The number of hydrogen-bond acceptors (Lipinski definition) is 2. The fourth-order valence-electron chi connectivity index (χ4n) is 0.808. The summed E-state index contributed by atoms with van der Waals surface area (Å²) in [4.78, 5) is 2.14. The summed E-state index contributed by atoms with van der Waals surface area (Å²) in [6.07, 6.45) is 2.08. The molecule has 0 N–H and O–H groups in total. The Balaban J connectivity index is 2.77. The van der Waals surface area contributed by atoms with Crippen LogP contribution in [-0.2, 0) is 0 Å². The number of nitrogens with zero attached hydrogens (tertiary/aromatic N) is 1. The van der Waals surface area contributed by atoms with Crippen molar-refractivity contribution in [2.45, 2.75) is 13.8 Å². The number of rotatable bonds is 0. The zero-order chi connectivity index (χ0) is 6.85. The van der Waals surface area contributed by atoms with Gasteiger partial charge in [-0.25, -0.2) is 0 Å². The molecule has 0 saturated heterocycles. The topological polar surface area (TPSA) is 3.24 Å². The lowest BCUT2D eigenvalue weighted by Crippen LogP contribution is -2.03. The lowest BCUT2D eigenvalue weighted by Gasteiger charge is -2.10. The maximum absolute atomic E-state index is 2.14. The summed E-state index contributed by atoms with van der Waals surface area (Å²) in [5.41, 5.74) is 1.38. The molecule has 2 heteroatoms. The van der Waals surface area contributed by atoms with Gasteiger partial charge < -0.3 is 4.90 Å². The van der Waals surface area contributed by atoms with Gasteiger partial charge in [-0.1, -0.05) is 11.8 Å². The molecule has 1 nitrogen and oxygen atoms in total. The molecule has 0 spiro atoms. The molecule has 0 atom stereocenters. The second kappa shape index (κ2) is 2.48. The van der Waals surface area contributed by atoms with Crippen LogP contribution in [0.25, 0.3) is 0 Å². The first-order valence-corrected chi connectivity index (χ1v) is 3.83. The summed E-state index contributed by atoms with van der Waals surface area (Å²) in [6, 6.07) is 0. The highest BCUT2D eigenvalue weighted by molar-refractivity contribution is 8.06. The van der Waals surface area contributed by atoms with Gasteiger partial charge in [0, 0.05) is 13.2 Å². The SMILES string of the molecule is CC(C)=C1SC=CN1C. The highest BCUT2D eigenvalue weighted by Gasteiger charge is 2.07. The molecule has 1 rings (SSSR count). The zero-order valence-corrected chi connectivity index (χ0v) is 6.83. The highest BCUT2D eigenvalue weighted by atomic mass is 32.2. The van der Waals surface area contributed by atoms with Crippen LogP contribution >= 0.6 is 11.8 Å². The molecule has 0 aliphatic carbocycles. The fourth-order valence-corrected chi connectivity index (χ4v) is 1.64. The summed E-state index contributed by atoms with van der Waals surface area (Å²) in [5.74, 6) is 0. The molecule has 0 bridgehead atoms. The molecular weight excluding hydrogens is 130 g/mol. The van der Waals surface area contributed by atoms with E-state index in [1.165, 1.54) is 10.6 Å². The summed E-state index contributed by atoms with van der Waals surface area (Å²) >= 11 is 1.78. The first kappa shape index (κ1) is 6.75. The van der Waals surface area contributed by atoms with E-state index in [1.54, 1.807) is 11.8 Å². The van der Waals surface area contributed by atoms with E-state index in [1.807, 2.05) is 0 Å². The Morgan fingerprint density at radius 3 is 2.44 bits per heavy atom. The van der Waals surface area contributed by atoms with Crippen LogP contribution in [0.5, 0.6) is 0 Å². The van der Waals surface area contributed by atoms with Crippen molar-refractivity contribution >= 4 is 11.8 Å². The van der Waals surface area contributed by atoms with Crippen LogP contribution in [0.3, 0.4) is 0 Å². The molecule has 0 saturated carbocycles. The Labute approximate surface area is 60.4 Å². The van der Waals surface area contributed by atoms with Gasteiger partial charge in [-0.15, -0.1) is 0 Å². The van der Waals surface area contributed by atoms with Crippen LogP contribution in [0.4, 0.5) is 0 Å². The molecule has 0 fully saturated rings. The third-order valence-corrected chi connectivity index (χ3v) is 2.39. The fraction of sp³-hybridized carbons (Fsp3) is 0.429. The molecule has 50 valence electrons. The third-order valence-electron chi connectivity index (χ3n) is 1.21. The molecule has 0 aromatic carbocycles. The van der Waals surface area contributed by atoms with Crippen molar-refractivity contribution < 1.29 is 0 Å². The van der Waals surface area contributed by atoms with Crippen LogP contribution in [0.2, 0.25) is 0 Å². The smallest absolute Gasteiger partial charge is 0.0774 e. The lowest BCUT2D eigenvalue weighted by atomic mass is 10.4. The first-order chi connectivity index (χ1) is 4.22. The molecular formula is C7H11NS. The van der Waals surface area contributed by atoms with Crippen LogP contribution < -0.4 is 0 Å². The Bertz CT molecular complexity index is 166. The van der Waals surface area contributed by atoms with Gasteiger partial charge in [-0.2, -0.15) is 0 Å². The van der Waals surface area contributed by atoms with E-state index in [9.17, 15) is 0 Å². The van der Waals surface area contributed by atoms with Gasteiger partial charge in [-0.3, -0.25) is 0 Å². The van der Waals surface area contributed by atoms with Gasteiger partial charge >= 0.3 is 0 Å². The molecule has 0 amide bonds. The van der Waals surface area contributed by atoms with Crippen molar-refractivity contribution in [3.05, 3.63) is 22.2 Å². The van der Waals surface area contributed by atoms with E-state index in [2.05, 4.69) is 37.4 Å². The quantitative estimate of drug-likeness (QED) is 0.509. The zero-order valence-electron chi connectivity index (χ0n) is 6.01. The van der Waals surface area contributed by atoms with Crippen molar-refractivity contribution in [2.75, 3.05) is 7.05 Å². The van der Waals surface area contributed by atoms with E-state index < -0.39 is 0 Å². The standard InChI is InChI=1S/C7H11NS/c1-6(2)7-8(3)4-5-9-7/h4-5H,1-3H3. The van der Waals surface area contributed by atoms with Crippen molar-refractivity contribution in [3.63, 3.8) is 0 Å². The Hall–Kier alpha value is -0.370. The second-order valence-electron chi connectivity index (χ2n) is 2.32. The third kappa shape index (κ3) is 1.30. The van der Waals surface area contributed by atoms with Crippen LogP contribution in [0, 0.1) is 0 Å².